The summed E-state index contributed by atoms with van der Waals surface area (Å²) in [6, 6.07) is 41.6. The standard InChI is InChI=1S/C35H32N2O5.C35H32N2O4.C35H32N2O3/c1-6-17(7-2)36-32(38)22-13-10-19-20-11-14-24-29-25(35(41)37(34(24)40)18(8-3)9-4)16-26(42-5)30(31(20)29)21-12-15-23(33(36)39)28(22)27(19)21;1-6-18(7-2)36-32(38)23-13-10-20-21-11-14-25-30-26(35(41)37(34(25)40)19(8-3)9-4)16-17(5)27(31(21)30)22-12-15-24(33(36)39)29(23)28(20)22;1-6-19(7-2)36-18(5)21-10-11-22-24-13-16-27-32-28(35(40)37(34(27)39)20(8-3)9-4)17-14-25(31(24)32)23-12-15-26(33(36)38)29(21)30(22)23/h10-18H,6-9H2,1-5H3;10-16,18-19H,6-9H2,1-5H3;10-17,19-20H,5-9H2,1-4H3. The molecule has 5 aliphatic heterocycles. The third kappa shape index (κ3) is 10.6. The van der Waals surface area contributed by atoms with Crippen LogP contribution >= 0.6 is 0 Å². The zero-order chi connectivity index (χ0) is 86.5. The summed E-state index contributed by atoms with van der Waals surface area (Å²) in [7, 11) is 1.58. The van der Waals surface area contributed by atoms with Crippen molar-refractivity contribution in [2.24, 2.45) is 0 Å². The summed E-state index contributed by atoms with van der Waals surface area (Å²) in [6.07, 6.45) is 8.70. The molecule has 10 amide bonds. The van der Waals surface area contributed by atoms with Gasteiger partial charge in [-0.05, 0) is 242 Å². The molecular formula is C105H96N6O12. The van der Waals surface area contributed by atoms with Crippen molar-refractivity contribution < 1.29 is 52.7 Å². The summed E-state index contributed by atoms with van der Waals surface area (Å²) in [5, 5.41) is 23.2. The summed E-state index contributed by atoms with van der Waals surface area (Å²) < 4.78 is 7.81. The predicted octanol–water partition coefficient (Wildman–Crippen LogP) is 22.3. The Morgan fingerprint density at radius 1 is 0.236 bits per heavy atom. The molecule has 18 heteroatoms. The summed E-state index contributed by atoms with van der Waals surface area (Å²) in [5.41, 5.74) is 6.27. The van der Waals surface area contributed by atoms with Gasteiger partial charge in [0.15, 0.2) is 0 Å². The second-order valence-electron chi connectivity index (χ2n) is 34.1. The number of amides is 10. The number of pyridine rings is 1. The van der Waals surface area contributed by atoms with E-state index in [1.807, 2.05) is 190 Å². The summed E-state index contributed by atoms with van der Waals surface area (Å²) in [5.74, 6) is -2.02. The minimum absolute atomic E-state index is 0.00336. The molecule has 15 aromatic carbocycles. The smallest absolute Gasteiger partial charge is 0.261 e. The second kappa shape index (κ2) is 29.3. The first-order chi connectivity index (χ1) is 59.5. The zero-order valence-electron chi connectivity index (χ0n) is 71.9. The molecular weight excluding hydrogens is 1540 g/mol. The van der Waals surface area contributed by atoms with Gasteiger partial charge in [-0.1, -0.05) is 156 Å². The van der Waals surface area contributed by atoms with E-state index in [9.17, 15) is 52.7 Å². The number of benzene rings is 15. The first kappa shape index (κ1) is 79.7. The minimum atomic E-state index is -0.308. The largest absolute Gasteiger partial charge is 0.496 e. The normalized spacial score (nSPS) is 14.9. The number of ether oxygens (including phenoxy) is 1. The van der Waals surface area contributed by atoms with E-state index in [2.05, 4.69) is 32.6 Å². The maximum atomic E-state index is 13.9. The first-order valence-electron chi connectivity index (χ1n) is 44.1. The Morgan fingerprint density at radius 2 is 0.447 bits per heavy atom. The molecule has 6 heterocycles. The second-order valence-corrected chi connectivity index (χ2v) is 34.1. The average Bonchev–Trinajstić information content (AvgIpc) is 0.691. The van der Waals surface area contributed by atoms with Gasteiger partial charge in [0.1, 0.15) is 5.75 Å². The first-order valence-corrected chi connectivity index (χ1v) is 44.1. The van der Waals surface area contributed by atoms with E-state index in [1.54, 1.807) is 19.2 Å². The van der Waals surface area contributed by atoms with Crippen molar-refractivity contribution in [1.82, 2.24) is 29.1 Å². The molecule has 123 heavy (non-hydrogen) atoms. The van der Waals surface area contributed by atoms with Gasteiger partial charge in [-0.3, -0.25) is 77.2 Å². The molecule has 0 atom stereocenters. The van der Waals surface area contributed by atoms with E-state index >= 15 is 0 Å². The van der Waals surface area contributed by atoms with E-state index in [0.29, 0.717) is 140 Å². The molecule has 0 spiro atoms. The maximum absolute atomic E-state index is 13.9. The third-order valence-corrected chi connectivity index (χ3v) is 28.7. The van der Waals surface area contributed by atoms with Crippen LogP contribution in [0.3, 0.4) is 0 Å². The fraction of sp³-hybridized carbons (Fsp3) is 0.305. The van der Waals surface area contributed by atoms with Gasteiger partial charge >= 0.3 is 0 Å². The molecule has 0 aliphatic carbocycles. The van der Waals surface area contributed by atoms with Crippen LogP contribution in [0.2, 0.25) is 0 Å². The summed E-state index contributed by atoms with van der Waals surface area (Å²) in [4.78, 5) is 159. The number of rotatable bonds is 19. The van der Waals surface area contributed by atoms with E-state index in [-0.39, 0.29) is 101 Å². The lowest BCUT2D eigenvalue weighted by Crippen LogP contribution is -2.46. The Hall–Kier alpha value is -13.1. The number of aryl methyl sites for hydroxylation is 1. The van der Waals surface area contributed by atoms with Crippen LogP contribution in [0.1, 0.15) is 275 Å². The van der Waals surface area contributed by atoms with Gasteiger partial charge in [0.25, 0.3) is 64.6 Å². The van der Waals surface area contributed by atoms with E-state index in [4.69, 9.17) is 4.74 Å². The molecule has 18 nitrogen and oxygen atoms in total. The molecule has 0 saturated heterocycles. The van der Waals surface area contributed by atoms with Crippen LogP contribution in [0.5, 0.6) is 5.75 Å². The number of aromatic nitrogens is 1. The van der Waals surface area contributed by atoms with Crippen molar-refractivity contribution in [3.05, 3.63) is 210 Å². The topological polar surface area (TPSA) is 218 Å². The number of hydrogen-bond donors (Lipinski definition) is 0. The average molecular weight is 1630 g/mol. The molecule has 0 bridgehead atoms. The van der Waals surface area contributed by atoms with Crippen molar-refractivity contribution in [2.45, 2.75) is 203 Å². The van der Waals surface area contributed by atoms with Crippen molar-refractivity contribution in [1.29, 1.82) is 0 Å². The highest BCUT2D eigenvalue weighted by atomic mass is 16.5. The van der Waals surface area contributed by atoms with E-state index in [1.165, 1.54) is 24.5 Å². The van der Waals surface area contributed by atoms with Crippen LogP contribution in [-0.4, -0.2) is 125 Å². The molecule has 16 aromatic rings. The Bertz CT molecular complexity index is 7400. The molecule has 0 fully saturated rings. The third-order valence-electron chi connectivity index (χ3n) is 28.7. The Balaban J connectivity index is 0.000000121. The number of fused-ring (bicyclic) bond motifs is 6. The van der Waals surface area contributed by atoms with Crippen molar-refractivity contribution >= 4 is 206 Å². The Morgan fingerprint density at radius 3 is 0.748 bits per heavy atom. The molecule has 0 N–H and O–H groups in total. The summed E-state index contributed by atoms with van der Waals surface area (Å²) in [6.45, 7) is 30.6. The van der Waals surface area contributed by atoms with E-state index < -0.39 is 0 Å². The van der Waals surface area contributed by atoms with Gasteiger partial charge in [0, 0.05) is 146 Å². The SMILES string of the molecule is C=c1c2ccc3c4ccc5c6c(ccc(c7ccc(c(=O)n1C(CC)CC)c2c37)c64)C(=O)N(C(CC)CC)C5=O.CCC(CC)N1C(=O)c2ccc3c4ccc5c6c(cc(C)c(c7ccc(c2c37)C1=O)c64)C(=O)N(C(CC)CC)C5=O.CCC(CC)N1C(=O)c2ccc3c4ccc5c6c(cc(OC)c(c7ccc(c2c37)C1=O)c64)C(=O)N(C(CC)CC)C5=O. The number of carbonyl (C=O) groups excluding carboxylic acids is 10. The van der Waals surface area contributed by atoms with Gasteiger partial charge < -0.3 is 9.30 Å². The van der Waals surface area contributed by atoms with Gasteiger partial charge in [-0.2, -0.15) is 0 Å². The van der Waals surface area contributed by atoms with Crippen molar-refractivity contribution in [3.63, 3.8) is 0 Å². The number of imide groups is 5. The predicted molar refractivity (Wildman–Crippen MR) is 491 cm³/mol. The highest BCUT2D eigenvalue weighted by Crippen LogP contribution is 2.53. The number of carbonyl (C=O) groups is 10. The van der Waals surface area contributed by atoms with Crippen LogP contribution in [0.25, 0.3) is 147 Å². The Labute approximate surface area is 709 Å². The minimum Gasteiger partial charge on any atom is -0.496 e. The Kier molecular flexibility index (Phi) is 19.0. The summed E-state index contributed by atoms with van der Waals surface area (Å²) >= 11 is 0. The lowest BCUT2D eigenvalue weighted by atomic mass is 9.80. The lowest BCUT2D eigenvalue weighted by molar-refractivity contribution is 0.0514. The fourth-order valence-electron chi connectivity index (χ4n) is 22.5. The van der Waals surface area contributed by atoms with Gasteiger partial charge in [-0.25, -0.2) is 0 Å². The molecule has 618 valence electrons. The van der Waals surface area contributed by atoms with Crippen LogP contribution in [0.15, 0.2) is 138 Å². The van der Waals surface area contributed by atoms with Crippen LogP contribution in [0, 0.1) is 6.92 Å². The van der Waals surface area contributed by atoms with Crippen LogP contribution in [-0.2, 0) is 0 Å². The molecule has 1 aromatic heterocycles. The molecule has 21 rings (SSSR count). The van der Waals surface area contributed by atoms with E-state index in [0.717, 1.165) is 150 Å². The lowest BCUT2D eigenvalue weighted by Gasteiger charge is -2.34. The van der Waals surface area contributed by atoms with Gasteiger partial charge in [0.05, 0.1) is 12.7 Å². The van der Waals surface area contributed by atoms with Crippen molar-refractivity contribution in [2.75, 3.05) is 7.11 Å². The van der Waals surface area contributed by atoms with Crippen molar-refractivity contribution in [3.8, 4) is 5.75 Å². The van der Waals surface area contributed by atoms with Gasteiger partial charge in [-0.15, -0.1) is 0 Å². The zero-order valence-corrected chi connectivity index (χ0v) is 71.9. The number of hydrogen-bond acceptors (Lipinski definition) is 12. The number of nitrogens with zero attached hydrogens (tertiary/aromatic N) is 6. The van der Waals surface area contributed by atoms with Gasteiger partial charge in [0.2, 0.25) is 0 Å². The highest BCUT2D eigenvalue weighted by molar-refractivity contribution is 6.46. The monoisotopic (exact) mass is 1630 g/mol. The molecule has 0 radical (unpaired) electrons. The maximum Gasteiger partial charge on any atom is 0.261 e. The highest BCUT2D eigenvalue weighted by Gasteiger charge is 2.45. The number of methoxy groups -OCH3 is 1. The van der Waals surface area contributed by atoms with Crippen LogP contribution < -0.4 is 15.6 Å². The molecule has 5 aliphatic rings. The molecule has 0 unspecified atom stereocenters. The fourth-order valence-corrected chi connectivity index (χ4v) is 22.5. The quantitative estimate of drug-likeness (QED) is 0.0419. The van der Waals surface area contributed by atoms with Crippen LogP contribution in [0.4, 0.5) is 0 Å². The molecule has 0 saturated carbocycles.